The van der Waals surface area contributed by atoms with E-state index in [0.29, 0.717) is 11.0 Å². The predicted octanol–water partition coefficient (Wildman–Crippen LogP) is 1.68. The lowest BCUT2D eigenvalue weighted by Gasteiger charge is -2.11. The van der Waals surface area contributed by atoms with Crippen LogP contribution in [0.3, 0.4) is 0 Å². The van der Waals surface area contributed by atoms with Crippen LogP contribution < -0.4 is 15.6 Å². The first kappa shape index (κ1) is 19.1. The number of nitrogens with one attached hydrogen (secondary N) is 2. The van der Waals surface area contributed by atoms with Gasteiger partial charge in [0.2, 0.25) is 0 Å². The zero-order valence-electron chi connectivity index (χ0n) is 14.2. The Labute approximate surface area is 156 Å². The lowest BCUT2D eigenvalue weighted by Crippen LogP contribution is -2.45. The van der Waals surface area contributed by atoms with Crippen LogP contribution in [-0.2, 0) is 22.3 Å². The van der Waals surface area contributed by atoms with Gasteiger partial charge in [-0.2, -0.15) is 13.2 Å². The molecule has 0 aliphatic rings. The van der Waals surface area contributed by atoms with Gasteiger partial charge < -0.3 is 4.74 Å². The van der Waals surface area contributed by atoms with E-state index in [9.17, 15) is 22.8 Å². The van der Waals surface area contributed by atoms with Gasteiger partial charge >= 0.3 is 6.18 Å². The molecular weight excluding hydrogens is 379 g/mol. The Kier molecular flexibility index (Phi) is 5.43. The summed E-state index contributed by atoms with van der Waals surface area (Å²) in [6.45, 7) is -0.761. The number of halogens is 3. The molecule has 3 rings (SSSR count). The Hall–Kier alpha value is -3.63. The van der Waals surface area contributed by atoms with Crippen molar-refractivity contribution in [1.29, 1.82) is 0 Å². The number of amides is 2. The van der Waals surface area contributed by atoms with Gasteiger partial charge in [-0.3, -0.25) is 20.4 Å². The summed E-state index contributed by atoms with van der Waals surface area (Å²) in [5, 5.41) is 7.74. The minimum atomic E-state index is -4.51. The Morgan fingerprint density at radius 1 is 1.04 bits per heavy atom. The van der Waals surface area contributed by atoms with E-state index in [1.165, 1.54) is 16.8 Å². The molecule has 0 bridgehead atoms. The first-order chi connectivity index (χ1) is 13.3. The summed E-state index contributed by atoms with van der Waals surface area (Å²) < 4.78 is 44.3. The topological polar surface area (TPSA) is 98.1 Å². The molecule has 0 aliphatic carbocycles. The first-order valence-corrected chi connectivity index (χ1v) is 7.99. The number of benzene rings is 2. The quantitative estimate of drug-likeness (QED) is 0.643. The summed E-state index contributed by atoms with van der Waals surface area (Å²) in [6, 6.07) is 11.2. The second-order valence-electron chi connectivity index (χ2n) is 5.65. The third-order valence-corrected chi connectivity index (χ3v) is 3.59. The fraction of sp³-hybridized carbons (Fsp3) is 0.176. The summed E-state index contributed by atoms with van der Waals surface area (Å²) >= 11 is 0. The second-order valence-corrected chi connectivity index (χ2v) is 5.65. The van der Waals surface area contributed by atoms with E-state index in [1.54, 1.807) is 24.3 Å². The molecule has 8 nitrogen and oxygen atoms in total. The summed E-state index contributed by atoms with van der Waals surface area (Å²) in [4.78, 5) is 23.6. The van der Waals surface area contributed by atoms with Crippen LogP contribution in [0.4, 0.5) is 13.2 Å². The van der Waals surface area contributed by atoms with Crippen molar-refractivity contribution < 1.29 is 27.5 Å². The van der Waals surface area contributed by atoms with Gasteiger partial charge in [0.05, 0.1) is 11.1 Å². The van der Waals surface area contributed by atoms with Crippen molar-refractivity contribution in [2.75, 3.05) is 6.61 Å². The van der Waals surface area contributed by atoms with Crippen molar-refractivity contribution in [3.8, 4) is 5.75 Å². The first-order valence-electron chi connectivity index (χ1n) is 7.99. The molecule has 0 atom stereocenters. The van der Waals surface area contributed by atoms with Crippen LogP contribution in [0.25, 0.3) is 11.0 Å². The maximum Gasteiger partial charge on any atom is 0.416 e. The molecule has 28 heavy (non-hydrogen) atoms. The van der Waals surface area contributed by atoms with E-state index in [1.807, 2.05) is 0 Å². The molecule has 3 aromatic rings. The van der Waals surface area contributed by atoms with Gasteiger partial charge in [-0.25, -0.2) is 4.68 Å². The minimum Gasteiger partial charge on any atom is -0.484 e. The van der Waals surface area contributed by atoms with Crippen molar-refractivity contribution in [1.82, 2.24) is 25.8 Å². The molecule has 0 radical (unpaired) electrons. The zero-order chi connectivity index (χ0) is 20.1. The average molecular weight is 393 g/mol. The fourth-order valence-corrected chi connectivity index (χ4v) is 2.30. The SMILES string of the molecule is O=C(COc1cccc(C(F)(F)F)c1)NNC(=O)Cn1nnc2ccccc21. The Bertz CT molecular complexity index is 1000. The number of para-hydroxylation sites is 1. The highest BCUT2D eigenvalue weighted by Crippen LogP contribution is 2.31. The highest BCUT2D eigenvalue weighted by atomic mass is 19.4. The molecule has 0 saturated carbocycles. The van der Waals surface area contributed by atoms with Gasteiger partial charge in [0.1, 0.15) is 17.8 Å². The molecule has 0 unspecified atom stereocenters. The van der Waals surface area contributed by atoms with E-state index >= 15 is 0 Å². The molecule has 11 heteroatoms. The Morgan fingerprint density at radius 3 is 2.57 bits per heavy atom. The van der Waals surface area contributed by atoms with E-state index in [0.717, 1.165) is 12.1 Å². The molecule has 2 amide bonds. The average Bonchev–Trinajstić information content (AvgIpc) is 3.07. The van der Waals surface area contributed by atoms with Crippen molar-refractivity contribution in [3.63, 3.8) is 0 Å². The summed E-state index contributed by atoms with van der Waals surface area (Å²) in [6.07, 6.45) is -4.51. The number of carbonyl (C=O) groups excluding carboxylic acids is 2. The van der Waals surface area contributed by atoms with Gasteiger partial charge in [0.25, 0.3) is 11.8 Å². The third kappa shape index (κ3) is 4.75. The number of carbonyl (C=O) groups is 2. The fourth-order valence-electron chi connectivity index (χ4n) is 2.30. The van der Waals surface area contributed by atoms with E-state index < -0.39 is 30.2 Å². The van der Waals surface area contributed by atoms with Crippen LogP contribution in [0.5, 0.6) is 5.75 Å². The van der Waals surface area contributed by atoms with Crippen molar-refractivity contribution in [2.24, 2.45) is 0 Å². The van der Waals surface area contributed by atoms with Crippen LogP contribution in [0.15, 0.2) is 48.5 Å². The zero-order valence-corrected chi connectivity index (χ0v) is 14.2. The monoisotopic (exact) mass is 393 g/mol. The van der Waals surface area contributed by atoms with Crippen LogP contribution in [-0.4, -0.2) is 33.4 Å². The molecule has 1 heterocycles. The number of ether oxygens (including phenoxy) is 1. The van der Waals surface area contributed by atoms with Crippen LogP contribution in [0.1, 0.15) is 5.56 Å². The molecule has 1 aromatic heterocycles. The maximum atomic E-state index is 12.6. The summed E-state index contributed by atoms with van der Waals surface area (Å²) in [5.74, 6) is -1.43. The molecular formula is C17H14F3N5O3. The normalized spacial score (nSPS) is 11.2. The standard InChI is InChI=1S/C17H14F3N5O3/c18-17(19,20)11-4-3-5-12(8-11)28-10-16(27)23-22-15(26)9-25-14-7-2-1-6-13(14)21-24-25/h1-8H,9-10H2,(H,22,26)(H,23,27). The minimum absolute atomic E-state index is 0.120. The molecule has 0 spiro atoms. The molecule has 146 valence electrons. The van der Waals surface area contributed by atoms with Crippen molar-refractivity contribution in [3.05, 3.63) is 54.1 Å². The van der Waals surface area contributed by atoms with Crippen LogP contribution >= 0.6 is 0 Å². The van der Waals surface area contributed by atoms with E-state index in [2.05, 4.69) is 21.2 Å². The Balaban J connectivity index is 1.47. The summed E-state index contributed by atoms with van der Waals surface area (Å²) in [5.41, 5.74) is 4.66. The van der Waals surface area contributed by atoms with E-state index in [4.69, 9.17) is 4.74 Å². The van der Waals surface area contributed by atoms with Crippen molar-refractivity contribution in [2.45, 2.75) is 12.7 Å². The summed E-state index contributed by atoms with van der Waals surface area (Å²) in [7, 11) is 0. The number of hydrogen-bond acceptors (Lipinski definition) is 5. The number of nitrogens with zero attached hydrogens (tertiary/aromatic N) is 3. The molecule has 0 aliphatic heterocycles. The Morgan fingerprint density at radius 2 is 1.79 bits per heavy atom. The number of alkyl halides is 3. The van der Waals surface area contributed by atoms with Gasteiger partial charge in [-0.1, -0.05) is 23.4 Å². The molecule has 0 fully saturated rings. The van der Waals surface area contributed by atoms with Gasteiger partial charge in [0, 0.05) is 0 Å². The molecule has 0 saturated heterocycles. The lowest BCUT2D eigenvalue weighted by molar-refractivity contribution is -0.137. The van der Waals surface area contributed by atoms with E-state index in [-0.39, 0.29) is 12.3 Å². The highest BCUT2D eigenvalue weighted by Gasteiger charge is 2.30. The number of hydrogen-bond donors (Lipinski definition) is 2. The number of hydrazine groups is 1. The number of aromatic nitrogens is 3. The van der Waals surface area contributed by atoms with Crippen molar-refractivity contribution >= 4 is 22.8 Å². The third-order valence-electron chi connectivity index (χ3n) is 3.59. The number of rotatable bonds is 5. The smallest absolute Gasteiger partial charge is 0.416 e. The molecule has 2 N–H and O–H groups in total. The predicted molar refractivity (Wildman–Crippen MR) is 90.8 cm³/mol. The van der Waals surface area contributed by atoms with Crippen LogP contribution in [0, 0.1) is 0 Å². The van der Waals surface area contributed by atoms with Gasteiger partial charge in [-0.15, -0.1) is 5.10 Å². The van der Waals surface area contributed by atoms with Gasteiger partial charge in [0.15, 0.2) is 6.61 Å². The largest absolute Gasteiger partial charge is 0.484 e. The highest BCUT2D eigenvalue weighted by molar-refractivity contribution is 5.83. The maximum absolute atomic E-state index is 12.6. The second kappa shape index (κ2) is 7.94. The molecule has 2 aromatic carbocycles. The van der Waals surface area contributed by atoms with Gasteiger partial charge in [-0.05, 0) is 30.3 Å². The lowest BCUT2D eigenvalue weighted by atomic mass is 10.2. The number of fused-ring (bicyclic) bond motifs is 1. The van der Waals surface area contributed by atoms with Crippen LogP contribution in [0.2, 0.25) is 0 Å².